The number of imidazole rings is 1. The van der Waals surface area contributed by atoms with E-state index in [1.807, 2.05) is 0 Å². The van der Waals surface area contributed by atoms with Crippen LogP contribution in [0.5, 0.6) is 0 Å². The first-order chi connectivity index (χ1) is 9.04. The molecule has 2 aromatic heterocycles. The van der Waals surface area contributed by atoms with Crippen LogP contribution in [-0.2, 0) is 6.18 Å². The van der Waals surface area contributed by atoms with Crippen molar-refractivity contribution in [3.63, 3.8) is 0 Å². The monoisotopic (exact) mass is 263 g/mol. The number of aromatic nitrogens is 3. The Hall–Kier alpha value is -2.37. The number of benzene rings is 1. The number of nitrogens with zero attached hydrogens (tertiary/aromatic N) is 3. The standard InChI is InChI=1S/C13H8F3N3/c14-13(15,16)10-4-1-3-9(7-10)11-8-19-6-2-5-17-12(19)18-11/h1-8H. The third-order valence-corrected chi connectivity index (χ3v) is 2.72. The van der Waals surface area contributed by atoms with E-state index in [2.05, 4.69) is 9.97 Å². The van der Waals surface area contributed by atoms with Crippen molar-refractivity contribution in [1.82, 2.24) is 14.4 Å². The Balaban J connectivity index is 2.11. The zero-order valence-corrected chi connectivity index (χ0v) is 9.59. The predicted octanol–water partition coefficient (Wildman–Crippen LogP) is 3.42. The molecule has 0 spiro atoms. The van der Waals surface area contributed by atoms with E-state index >= 15 is 0 Å². The first kappa shape index (κ1) is 11.7. The Bertz CT molecular complexity index is 698. The van der Waals surface area contributed by atoms with Crippen molar-refractivity contribution in [2.24, 2.45) is 0 Å². The summed E-state index contributed by atoms with van der Waals surface area (Å²) < 4.78 is 39.6. The molecule has 0 aliphatic rings. The van der Waals surface area contributed by atoms with E-state index in [4.69, 9.17) is 0 Å². The lowest BCUT2D eigenvalue weighted by Crippen LogP contribution is -2.04. The van der Waals surface area contributed by atoms with Crippen molar-refractivity contribution in [2.45, 2.75) is 6.18 Å². The molecule has 0 aliphatic carbocycles. The van der Waals surface area contributed by atoms with Crippen molar-refractivity contribution < 1.29 is 13.2 Å². The SMILES string of the molecule is FC(F)(F)c1cccc(-c2cn3cccnc3n2)c1. The van der Waals surface area contributed by atoms with Crippen LogP contribution in [0.3, 0.4) is 0 Å². The minimum absolute atomic E-state index is 0.417. The Morgan fingerprint density at radius 3 is 2.68 bits per heavy atom. The minimum atomic E-state index is -4.35. The van der Waals surface area contributed by atoms with Crippen LogP contribution in [0.1, 0.15) is 5.56 Å². The maximum atomic E-state index is 12.7. The maximum absolute atomic E-state index is 12.7. The molecular weight excluding hydrogens is 255 g/mol. The van der Waals surface area contributed by atoms with Crippen LogP contribution in [0.4, 0.5) is 13.2 Å². The van der Waals surface area contributed by atoms with Crippen LogP contribution in [0, 0.1) is 0 Å². The molecule has 0 unspecified atom stereocenters. The van der Waals surface area contributed by atoms with Gasteiger partial charge in [-0.05, 0) is 18.2 Å². The molecule has 0 aliphatic heterocycles. The van der Waals surface area contributed by atoms with Gasteiger partial charge in [0.2, 0.25) is 5.78 Å². The topological polar surface area (TPSA) is 30.2 Å². The van der Waals surface area contributed by atoms with Crippen LogP contribution < -0.4 is 0 Å². The molecule has 0 amide bonds. The van der Waals surface area contributed by atoms with Crippen LogP contribution in [0.25, 0.3) is 17.0 Å². The lowest BCUT2D eigenvalue weighted by Gasteiger charge is -2.07. The summed E-state index contributed by atoms with van der Waals surface area (Å²) in [6.07, 6.45) is 0.621. The van der Waals surface area contributed by atoms with Gasteiger partial charge < -0.3 is 0 Å². The zero-order valence-electron chi connectivity index (χ0n) is 9.59. The molecule has 1 aromatic carbocycles. The zero-order chi connectivity index (χ0) is 13.5. The van der Waals surface area contributed by atoms with Gasteiger partial charge in [0, 0.05) is 24.2 Å². The number of hydrogen-bond acceptors (Lipinski definition) is 2. The Kier molecular flexibility index (Phi) is 2.51. The van der Waals surface area contributed by atoms with Crippen molar-refractivity contribution >= 4 is 5.78 Å². The van der Waals surface area contributed by atoms with E-state index in [1.54, 1.807) is 35.1 Å². The summed E-state index contributed by atoms with van der Waals surface area (Å²) in [5.74, 6) is 0.454. The molecule has 0 radical (unpaired) electrons. The van der Waals surface area contributed by atoms with E-state index in [0.29, 0.717) is 17.0 Å². The average molecular weight is 263 g/mol. The van der Waals surface area contributed by atoms with Gasteiger partial charge in [-0.1, -0.05) is 12.1 Å². The predicted molar refractivity (Wildman–Crippen MR) is 63.4 cm³/mol. The van der Waals surface area contributed by atoms with Gasteiger partial charge in [-0.3, -0.25) is 4.40 Å². The van der Waals surface area contributed by atoms with Gasteiger partial charge >= 0.3 is 6.18 Å². The summed E-state index contributed by atoms with van der Waals surface area (Å²) in [6.45, 7) is 0. The molecule has 3 rings (SSSR count). The minimum Gasteiger partial charge on any atom is -0.291 e. The molecule has 0 atom stereocenters. The van der Waals surface area contributed by atoms with Crippen molar-refractivity contribution in [1.29, 1.82) is 0 Å². The number of rotatable bonds is 1. The molecule has 0 N–H and O–H groups in total. The number of alkyl halides is 3. The highest BCUT2D eigenvalue weighted by molar-refractivity contribution is 5.62. The van der Waals surface area contributed by atoms with E-state index in [9.17, 15) is 13.2 Å². The van der Waals surface area contributed by atoms with E-state index in [0.717, 1.165) is 12.1 Å². The highest BCUT2D eigenvalue weighted by Gasteiger charge is 2.30. The number of hydrogen-bond donors (Lipinski definition) is 0. The lowest BCUT2D eigenvalue weighted by atomic mass is 10.1. The first-order valence-electron chi connectivity index (χ1n) is 5.51. The van der Waals surface area contributed by atoms with Gasteiger partial charge in [-0.2, -0.15) is 13.2 Å². The fourth-order valence-corrected chi connectivity index (χ4v) is 1.82. The van der Waals surface area contributed by atoms with Gasteiger partial charge in [0.25, 0.3) is 0 Å². The number of halogens is 3. The molecule has 0 saturated carbocycles. The molecule has 96 valence electrons. The Labute approximate surface area is 106 Å². The van der Waals surface area contributed by atoms with Crippen molar-refractivity contribution in [3.05, 3.63) is 54.5 Å². The Morgan fingerprint density at radius 2 is 1.95 bits per heavy atom. The average Bonchev–Trinajstić information content (AvgIpc) is 2.81. The van der Waals surface area contributed by atoms with Crippen molar-refractivity contribution in [3.8, 4) is 11.3 Å². The summed E-state index contributed by atoms with van der Waals surface area (Å²) in [4.78, 5) is 8.22. The molecule has 0 fully saturated rings. The molecule has 2 heterocycles. The summed E-state index contributed by atoms with van der Waals surface area (Å²) in [6, 6.07) is 6.82. The molecule has 3 nitrogen and oxygen atoms in total. The highest BCUT2D eigenvalue weighted by Crippen LogP contribution is 2.31. The summed E-state index contributed by atoms with van der Waals surface area (Å²) in [5, 5.41) is 0. The molecule has 0 bridgehead atoms. The summed E-state index contributed by atoms with van der Waals surface area (Å²) in [5.41, 5.74) is 0.195. The van der Waals surface area contributed by atoms with Gasteiger partial charge in [0.05, 0.1) is 11.3 Å². The number of fused-ring (bicyclic) bond motifs is 1. The van der Waals surface area contributed by atoms with Crippen LogP contribution >= 0.6 is 0 Å². The largest absolute Gasteiger partial charge is 0.416 e. The second-order valence-electron chi connectivity index (χ2n) is 4.03. The quantitative estimate of drug-likeness (QED) is 0.673. The highest BCUT2D eigenvalue weighted by atomic mass is 19.4. The van der Waals surface area contributed by atoms with Crippen molar-refractivity contribution in [2.75, 3.05) is 0 Å². The van der Waals surface area contributed by atoms with Gasteiger partial charge in [0.1, 0.15) is 0 Å². The third kappa shape index (κ3) is 2.16. The van der Waals surface area contributed by atoms with E-state index in [-0.39, 0.29) is 0 Å². The molecule has 6 heteroatoms. The normalized spacial score (nSPS) is 11.9. The summed E-state index contributed by atoms with van der Waals surface area (Å²) >= 11 is 0. The van der Waals surface area contributed by atoms with Crippen LogP contribution in [-0.4, -0.2) is 14.4 Å². The first-order valence-corrected chi connectivity index (χ1v) is 5.51. The third-order valence-electron chi connectivity index (χ3n) is 2.72. The molecule has 19 heavy (non-hydrogen) atoms. The second kappa shape index (κ2) is 4.08. The van der Waals surface area contributed by atoms with Gasteiger partial charge in [-0.15, -0.1) is 0 Å². The van der Waals surface area contributed by atoms with Gasteiger partial charge in [-0.25, -0.2) is 9.97 Å². The fraction of sp³-hybridized carbons (Fsp3) is 0.0769. The lowest BCUT2D eigenvalue weighted by molar-refractivity contribution is -0.137. The van der Waals surface area contributed by atoms with E-state index < -0.39 is 11.7 Å². The fourth-order valence-electron chi connectivity index (χ4n) is 1.82. The van der Waals surface area contributed by atoms with Crippen LogP contribution in [0.2, 0.25) is 0 Å². The van der Waals surface area contributed by atoms with Gasteiger partial charge in [0.15, 0.2) is 0 Å². The maximum Gasteiger partial charge on any atom is 0.416 e. The second-order valence-corrected chi connectivity index (χ2v) is 4.03. The smallest absolute Gasteiger partial charge is 0.291 e. The molecular formula is C13H8F3N3. The Morgan fingerprint density at radius 1 is 1.11 bits per heavy atom. The van der Waals surface area contributed by atoms with E-state index in [1.165, 1.54) is 6.07 Å². The summed E-state index contributed by atoms with van der Waals surface area (Å²) in [7, 11) is 0. The molecule has 3 aromatic rings. The molecule has 0 saturated heterocycles. The van der Waals surface area contributed by atoms with Crippen LogP contribution in [0.15, 0.2) is 48.9 Å².